The third-order valence-corrected chi connectivity index (χ3v) is 2.94. The number of carboxylic acids is 1. The van der Waals surface area contributed by atoms with Crippen molar-refractivity contribution in [2.24, 2.45) is 0 Å². The van der Waals surface area contributed by atoms with Crippen molar-refractivity contribution in [3.05, 3.63) is 29.8 Å². The van der Waals surface area contributed by atoms with Crippen molar-refractivity contribution < 1.29 is 19.4 Å². The molecule has 1 rings (SSSR count). The zero-order valence-electron chi connectivity index (χ0n) is 12.4. The van der Waals surface area contributed by atoms with Gasteiger partial charge in [0.15, 0.2) is 0 Å². The summed E-state index contributed by atoms with van der Waals surface area (Å²) < 4.78 is 5.45. The van der Waals surface area contributed by atoms with Gasteiger partial charge in [0.1, 0.15) is 5.75 Å². The Balaban J connectivity index is 2.24. The van der Waals surface area contributed by atoms with E-state index in [0.717, 1.165) is 25.0 Å². The summed E-state index contributed by atoms with van der Waals surface area (Å²) in [6.07, 6.45) is 3.37. The largest absolute Gasteiger partial charge is 0.494 e. The highest BCUT2D eigenvalue weighted by Crippen LogP contribution is 2.12. The Morgan fingerprint density at radius 3 is 2.48 bits per heavy atom. The van der Waals surface area contributed by atoms with Crippen molar-refractivity contribution in [1.82, 2.24) is 5.32 Å². The third-order valence-electron chi connectivity index (χ3n) is 2.94. The molecular formula is C16H23NO4. The number of rotatable bonds is 10. The van der Waals surface area contributed by atoms with E-state index in [4.69, 9.17) is 9.84 Å². The lowest BCUT2D eigenvalue weighted by molar-refractivity contribution is -0.137. The monoisotopic (exact) mass is 293 g/mol. The molecule has 1 aromatic carbocycles. The molecule has 0 spiro atoms. The van der Waals surface area contributed by atoms with Crippen LogP contribution in [0.4, 0.5) is 0 Å². The summed E-state index contributed by atoms with van der Waals surface area (Å²) in [5.74, 6) is -0.123. The number of hydrogen-bond donors (Lipinski definition) is 2. The van der Waals surface area contributed by atoms with Crippen molar-refractivity contribution >= 4 is 11.9 Å². The standard InChI is InChI=1S/C16H23NO4/c1-2-12-21-14-9-7-13(8-10-14)16(20)17-11-5-3-4-6-15(18)19/h7-10H,2-6,11-12H2,1H3,(H,17,20)(H,18,19). The van der Waals surface area contributed by atoms with E-state index < -0.39 is 5.97 Å². The quantitative estimate of drug-likeness (QED) is 0.650. The van der Waals surface area contributed by atoms with E-state index in [2.05, 4.69) is 5.32 Å². The fourth-order valence-corrected chi connectivity index (χ4v) is 1.80. The molecule has 1 amide bonds. The zero-order valence-corrected chi connectivity index (χ0v) is 12.4. The zero-order chi connectivity index (χ0) is 15.5. The molecule has 0 saturated carbocycles. The van der Waals surface area contributed by atoms with Gasteiger partial charge in [0.05, 0.1) is 6.61 Å². The van der Waals surface area contributed by atoms with Crippen LogP contribution in [0.15, 0.2) is 24.3 Å². The number of unbranched alkanes of at least 4 members (excludes halogenated alkanes) is 2. The highest BCUT2D eigenvalue weighted by molar-refractivity contribution is 5.94. The molecule has 2 N–H and O–H groups in total. The maximum atomic E-state index is 11.9. The van der Waals surface area contributed by atoms with E-state index in [1.807, 2.05) is 6.92 Å². The van der Waals surface area contributed by atoms with E-state index in [0.29, 0.717) is 25.1 Å². The summed E-state index contributed by atoms with van der Waals surface area (Å²) in [6.45, 7) is 3.27. The van der Waals surface area contributed by atoms with Crippen LogP contribution in [-0.4, -0.2) is 30.1 Å². The van der Waals surface area contributed by atoms with Crippen LogP contribution < -0.4 is 10.1 Å². The Labute approximate surface area is 125 Å². The molecule has 0 aliphatic heterocycles. The molecule has 116 valence electrons. The van der Waals surface area contributed by atoms with Crippen molar-refractivity contribution in [3.8, 4) is 5.75 Å². The first-order valence-corrected chi connectivity index (χ1v) is 7.36. The van der Waals surface area contributed by atoms with Crippen LogP contribution in [0, 0.1) is 0 Å². The summed E-state index contributed by atoms with van der Waals surface area (Å²) in [4.78, 5) is 22.2. The molecular weight excluding hydrogens is 270 g/mol. The number of carbonyl (C=O) groups is 2. The topological polar surface area (TPSA) is 75.6 Å². The Bertz CT molecular complexity index is 442. The Hall–Kier alpha value is -2.04. The molecule has 0 aliphatic rings. The van der Waals surface area contributed by atoms with Gasteiger partial charge in [-0.25, -0.2) is 0 Å². The fourth-order valence-electron chi connectivity index (χ4n) is 1.80. The van der Waals surface area contributed by atoms with E-state index in [-0.39, 0.29) is 12.3 Å². The first kappa shape index (κ1) is 17.0. The molecule has 0 bridgehead atoms. The first-order chi connectivity index (χ1) is 10.1. The number of amides is 1. The number of carbonyl (C=O) groups excluding carboxylic acids is 1. The summed E-state index contributed by atoms with van der Waals surface area (Å²) in [6, 6.07) is 7.06. The van der Waals surface area contributed by atoms with Crippen molar-refractivity contribution in [1.29, 1.82) is 0 Å². The fraction of sp³-hybridized carbons (Fsp3) is 0.500. The molecule has 21 heavy (non-hydrogen) atoms. The molecule has 0 saturated heterocycles. The summed E-state index contributed by atoms with van der Waals surface area (Å²) in [7, 11) is 0. The molecule has 0 aliphatic carbocycles. The minimum Gasteiger partial charge on any atom is -0.494 e. The van der Waals surface area contributed by atoms with Crippen LogP contribution in [0.25, 0.3) is 0 Å². The number of hydrogen-bond acceptors (Lipinski definition) is 3. The third kappa shape index (κ3) is 7.34. The van der Waals surface area contributed by atoms with Crippen LogP contribution in [0.5, 0.6) is 5.75 Å². The maximum Gasteiger partial charge on any atom is 0.303 e. The molecule has 0 fully saturated rings. The minimum atomic E-state index is -0.774. The molecule has 1 aromatic rings. The van der Waals surface area contributed by atoms with Gasteiger partial charge in [-0.3, -0.25) is 9.59 Å². The SMILES string of the molecule is CCCOc1ccc(C(=O)NCCCCCC(=O)O)cc1. The Kier molecular flexibility index (Phi) is 7.94. The Morgan fingerprint density at radius 2 is 1.86 bits per heavy atom. The molecule has 5 heteroatoms. The number of aliphatic carboxylic acids is 1. The number of benzene rings is 1. The van der Waals surface area contributed by atoms with Gasteiger partial charge in [-0.1, -0.05) is 13.3 Å². The second kappa shape index (κ2) is 9.80. The van der Waals surface area contributed by atoms with Gasteiger partial charge in [0.2, 0.25) is 0 Å². The van der Waals surface area contributed by atoms with Crippen LogP contribution in [0.1, 0.15) is 49.4 Å². The van der Waals surface area contributed by atoms with Gasteiger partial charge in [-0.15, -0.1) is 0 Å². The number of carboxylic acid groups (broad SMARTS) is 1. The van der Waals surface area contributed by atoms with Gasteiger partial charge in [0.25, 0.3) is 5.91 Å². The van der Waals surface area contributed by atoms with Crippen LogP contribution in [0.2, 0.25) is 0 Å². The van der Waals surface area contributed by atoms with Crippen molar-refractivity contribution in [3.63, 3.8) is 0 Å². The number of ether oxygens (including phenoxy) is 1. The van der Waals surface area contributed by atoms with Gasteiger partial charge in [-0.2, -0.15) is 0 Å². The molecule has 0 radical (unpaired) electrons. The van der Waals surface area contributed by atoms with Gasteiger partial charge in [-0.05, 0) is 43.5 Å². The average molecular weight is 293 g/mol. The van der Waals surface area contributed by atoms with E-state index in [9.17, 15) is 9.59 Å². The maximum absolute atomic E-state index is 11.9. The summed E-state index contributed by atoms with van der Waals surface area (Å²) >= 11 is 0. The van der Waals surface area contributed by atoms with E-state index in [1.54, 1.807) is 24.3 Å². The lowest BCUT2D eigenvalue weighted by atomic mass is 10.2. The molecule has 5 nitrogen and oxygen atoms in total. The predicted molar refractivity (Wildman–Crippen MR) is 80.7 cm³/mol. The lowest BCUT2D eigenvalue weighted by Gasteiger charge is -2.07. The summed E-state index contributed by atoms with van der Waals surface area (Å²) in [5.41, 5.74) is 0.601. The highest BCUT2D eigenvalue weighted by Gasteiger charge is 2.05. The molecule has 0 aromatic heterocycles. The molecule has 0 heterocycles. The highest BCUT2D eigenvalue weighted by atomic mass is 16.5. The number of nitrogens with one attached hydrogen (secondary N) is 1. The second-order valence-electron chi connectivity index (χ2n) is 4.83. The second-order valence-corrected chi connectivity index (χ2v) is 4.83. The summed E-state index contributed by atoms with van der Waals surface area (Å²) in [5, 5.41) is 11.3. The molecule has 0 unspecified atom stereocenters. The smallest absolute Gasteiger partial charge is 0.303 e. The van der Waals surface area contributed by atoms with Crippen LogP contribution in [-0.2, 0) is 4.79 Å². The molecule has 0 atom stereocenters. The minimum absolute atomic E-state index is 0.115. The van der Waals surface area contributed by atoms with E-state index >= 15 is 0 Å². The van der Waals surface area contributed by atoms with E-state index in [1.165, 1.54) is 0 Å². The van der Waals surface area contributed by atoms with Crippen molar-refractivity contribution in [2.45, 2.75) is 39.0 Å². The lowest BCUT2D eigenvalue weighted by Crippen LogP contribution is -2.24. The average Bonchev–Trinajstić information content (AvgIpc) is 2.48. The van der Waals surface area contributed by atoms with Gasteiger partial charge in [0, 0.05) is 18.5 Å². The van der Waals surface area contributed by atoms with Gasteiger partial charge < -0.3 is 15.2 Å². The Morgan fingerprint density at radius 1 is 1.14 bits per heavy atom. The predicted octanol–water partition coefficient (Wildman–Crippen LogP) is 2.85. The van der Waals surface area contributed by atoms with Crippen LogP contribution in [0.3, 0.4) is 0 Å². The van der Waals surface area contributed by atoms with Crippen molar-refractivity contribution in [2.75, 3.05) is 13.2 Å². The normalized spacial score (nSPS) is 10.1. The van der Waals surface area contributed by atoms with Crippen LogP contribution >= 0.6 is 0 Å². The van der Waals surface area contributed by atoms with Gasteiger partial charge >= 0.3 is 5.97 Å². The first-order valence-electron chi connectivity index (χ1n) is 7.36.